The number of rotatable bonds is 6. The standard InChI is InChI=1S/3Ca.2H3NO9S3/c;;;2*2-11(3,4)1(12(5,6)7)13(8,9)10/h;;;2*(H,2,3,4)(H,5,6,7)(H,8,9,10)/q3*+2;;/p-6. The third kappa shape index (κ3) is 17.3. The Kier molecular flexibility index (Phi) is 20.3. The molecule has 160 valence electrons. The predicted octanol–water partition coefficient (Wildman–Crippen LogP) is -7.80. The predicted molar refractivity (Wildman–Crippen MR) is 79.1 cm³/mol. The minimum absolute atomic E-state index is 0. The molecular formula is Ca3N2O18S6. The van der Waals surface area contributed by atoms with E-state index in [2.05, 4.69) is 0 Å². The van der Waals surface area contributed by atoms with Crippen LogP contribution in [0.25, 0.3) is 0 Å². The van der Waals surface area contributed by atoms with Gasteiger partial charge in [0.05, 0.1) is 0 Å². The van der Waals surface area contributed by atoms with E-state index < -0.39 is 68.1 Å². The Morgan fingerprint density at radius 1 is 0.310 bits per heavy atom. The molecule has 0 bridgehead atoms. The second-order valence-corrected chi connectivity index (χ2v) is 11.7. The molecule has 0 heterocycles. The van der Waals surface area contributed by atoms with E-state index >= 15 is 0 Å². The zero-order chi connectivity index (χ0) is 22.2. The van der Waals surface area contributed by atoms with E-state index in [1.165, 1.54) is 0 Å². The van der Waals surface area contributed by atoms with E-state index in [4.69, 9.17) is 0 Å². The minimum atomic E-state index is -6.20. The Morgan fingerprint density at radius 2 is 0.379 bits per heavy atom. The van der Waals surface area contributed by atoms with Crippen molar-refractivity contribution in [3.8, 4) is 0 Å². The van der Waals surface area contributed by atoms with Crippen molar-refractivity contribution in [2.45, 2.75) is 0 Å². The van der Waals surface area contributed by atoms with Crippen LogP contribution in [0.3, 0.4) is 0 Å². The van der Waals surface area contributed by atoms with E-state index in [9.17, 15) is 77.8 Å². The topological polar surface area (TPSA) is 350 Å². The van der Waals surface area contributed by atoms with Crippen molar-refractivity contribution in [1.29, 1.82) is 0 Å². The van der Waals surface area contributed by atoms with Crippen molar-refractivity contribution < 1.29 is 77.8 Å². The first-order chi connectivity index (χ1) is 10.7. The Bertz CT molecular complexity index is 904. The molecule has 0 amide bonds. The molecule has 0 aromatic carbocycles. The molecule has 0 aromatic rings. The molecule has 0 aliphatic rings. The fourth-order valence-electron chi connectivity index (χ4n) is 0.671. The summed E-state index contributed by atoms with van der Waals surface area (Å²) in [6.45, 7) is 0. The molecule has 0 fully saturated rings. The molecule has 0 unspecified atom stereocenters. The SMILES string of the molecule is O=S(=O)([O-])N(S(=O)(=O)[O-])S(=O)(=O)[O-].O=S(=O)([O-])N(S(=O)(=O)[O-])S(=O)(=O)[O-].[Ca+2].[Ca+2].[Ca+2]. The van der Waals surface area contributed by atoms with Crippen LogP contribution in [0.4, 0.5) is 0 Å². The first-order valence-corrected chi connectivity index (χ1v) is 12.3. The molecule has 0 aliphatic heterocycles. The third-order valence-corrected chi connectivity index (χ3v) is 9.86. The van der Waals surface area contributed by atoms with Crippen molar-refractivity contribution >= 4 is 175 Å². The Morgan fingerprint density at radius 3 is 0.379 bits per heavy atom. The van der Waals surface area contributed by atoms with E-state index in [1.807, 2.05) is 0 Å². The number of hydrogen-bond acceptors (Lipinski definition) is 18. The van der Waals surface area contributed by atoms with Crippen LogP contribution in [0.1, 0.15) is 0 Å². The van der Waals surface area contributed by atoms with Gasteiger partial charge < -0.3 is 27.3 Å². The molecule has 0 spiro atoms. The molecule has 0 radical (unpaired) electrons. The zero-order valence-corrected chi connectivity index (χ0v) is 24.3. The van der Waals surface area contributed by atoms with Crippen LogP contribution < -0.4 is 0 Å². The van der Waals surface area contributed by atoms with Gasteiger partial charge in [-0.25, -0.2) is 50.5 Å². The summed E-state index contributed by atoms with van der Waals surface area (Å²) in [6, 6.07) is 0. The summed E-state index contributed by atoms with van der Waals surface area (Å²) in [6.07, 6.45) is 0. The monoisotopic (exact) mass is 628 g/mol. The van der Waals surface area contributed by atoms with Crippen LogP contribution in [-0.4, -0.2) is 197 Å². The van der Waals surface area contributed by atoms with E-state index in [1.54, 1.807) is 0 Å². The quantitative estimate of drug-likeness (QED) is 0.194. The summed E-state index contributed by atoms with van der Waals surface area (Å²) in [5.41, 5.74) is 0. The normalized spacial score (nSPS) is 13.2. The van der Waals surface area contributed by atoms with Crippen molar-refractivity contribution in [2.24, 2.45) is 0 Å². The van der Waals surface area contributed by atoms with Crippen molar-refractivity contribution in [3.63, 3.8) is 0 Å². The maximum absolute atomic E-state index is 9.84. The van der Waals surface area contributed by atoms with Gasteiger partial charge in [0.15, 0.2) is 61.8 Å². The smallest absolute Gasteiger partial charge is 0.734 e. The average molecular weight is 629 g/mol. The molecular weight excluding hydrogens is 629 g/mol. The first kappa shape index (κ1) is 42.3. The van der Waals surface area contributed by atoms with Crippen LogP contribution in [0.15, 0.2) is 0 Å². The first-order valence-electron chi connectivity index (χ1n) is 4.10. The molecule has 0 atom stereocenters. The molecule has 0 N–H and O–H groups in total. The minimum Gasteiger partial charge on any atom is -0.734 e. The van der Waals surface area contributed by atoms with Crippen LogP contribution in [0.2, 0.25) is 0 Å². The average Bonchev–Trinajstić information content (AvgIpc) is 1.97. The second kappa shape index (κ2) is 13.9. The summed E-state index contributed by atoms with van der Waals surface area (Å²) < 4.78 is 173. The molecule has 20 nitrogen and oxygen atoms in total. The number of hydrogen-bond donors (Lipinski definition) is 0. The van der Waals surface area contributed by atoms with Crippen molar-refractivity contribution in [1.82, 2.24) is 6.23 Å². The van der Waals surface area contributed by atoms with E-state index in [0.29, 0.717) is 0 Å². The molecule has 0 aromatic heterocycles. The molecule has 0 aliphatic carbocycles. The van der Waals surface area contributed by atoms with E-state index in [0.717, 1.165) is 0 Å². The summed E-state index contributed by atoms with van der Waals surface area (Å²) in [4.78, 5) is 0. The molecule has 0 saturated carbocycles. The zero-order valence-electron chi connectivity index (χ0n) is 12.8. The van der Waals surface area contributed by atoms with Gasteiger partial charge in [0.1, 0.15) is 0 Å². The van der Waals surface area contributed by atoms with Gasteiger partial charge in [-0.1, -0.05) is 0 Å². The Balaban J connectivity index is -0.000000120. The van der Waals surface area contributed by atoms with Gasteiger partial charge in [0.25, 0.3) is 0 Å². The third-order valence-electron chi connectivity index (χ3n) is 1.10. The summed E-state index contributed by atoms with van der Waals surface area (Å²) in [5, 5.41) is 0. The largest absolute Gasteiger partial charge is 2.00 e. The van der Waals surface area contributed by atoms with Crippen LogP contribution in [-0.2, 0) is 61.8 Å². The van der Waals surface area contributed by atoms with E-state index in [-0.39, 0.29) is 113 Å². The van der Waals surface area contributed by atoms with Crippen molar-refractivity contribution in [2.75, 3.05) is 0 Å². The molecule has 29 heavy (non-hydrogen) atoms. The second-order valence-electron chi connectivity index (χ2n) is 3.01. The Hall–Kier alpha value is 3.16. The van der Waals surface area contributed by atoms with Gasteiger partial charge in [-0.3, -0.25) is 0 Å². The summed E-state index contributed by atoms with van der Waals surface area (Å²) in [5.74, 6) is 0. The van der Waals surface area contributed by atoms with Crippen molar-refractivity contribution in [3.05, 3.63) is 0 Å². The van der Waals surface area contributed by atoms with Crippen LogP contribution in [0.5, 0.6) is 0 Å². The molecule has 0 saturated heterocycles. The van der Waals surface area contributed by atoms with Gasteiger partial charge in [-0.05, 0) is 6.23 Å². The summed E-state index contributed by atoms with van der Waals surface area (Å²) >= 11 is 0. The summed E-state index contributed by atoms with van der Waals surface area (Å²) in [7, 11) is -37.2. The van der Waals surface area contributed by atoms with Gasteiger partial charge in [0.2, 0.25) is 0 Å². The maximum Gasteiger partial charge on any atom is 2.00 e. The Labute approximate surface area is 254 Å². The van der Waals surface area contributed by atoms with Gasteiger partial charge in [-0.15, -0.1) is 0 Å². The fourth-order valence-corrected chi connectivity index (χ4v) is 6.04. The van der Waals surface area contributed by atoms with Crippen LogP contribution in [0, 0.1) is 0 Å². The van der Waals surface area contributed by atoms with Gasteiger partial charge >= 0.3 is 113 Å². The molecule has 29 heteroatoms. The fraction of sp³-hybridized carbons (Fsp3) is 0. The molecule has 0 rings (SSSR count). The van der Waals surface area contributed by atoms with Gasteiger partial charge in [-0.2, -0.15) is 0 Å². The van der Waals surface area contributed by atoms with Gasteiger partial charge in [0, 0.05) is 0 Å². The number of nitrogens with zero attached hydrogens (tertiary/aromatic N) is 2. The maximum atomic E-state index is 9.84. The van der Waals surface area contributed by atoms with Crippen LogP contribution >= 0.6 is 0 Å².